The number of hydrogen-bond donors (Lipinski definition) is 0. The van der Waals surface area contributed by atoms with Gasteiger partial charge in [0.05, 0.1) is 19.8 Å². The van der Waals surface area contributed by atoms with E-state index in [1.54, 1.807) is 7.11 Å². The highest BCUT2D eigenvalue weighted by Crippen LogP contribution is 2.56. The predicted octanol–water partition coefficient (Wildman–Crippen LogP) is 6.88. The molecule has 4 rings (SSSR count). The van der Waals surface area contributed by atoms with Gasteiger partial charge in [0.2, 0.25) is 0 Å². The lowest BCUT2D eigenvalue weighted by Crippen LogP contribution is -2.48. The summed E-state index contributed by atoms with van der Waals surface area (Å²) in [5.41, 5.74) is 0.737. The first-order valence-electron chi connectivity index (χ1n) is 11.9. The van der Waals surface area contributed by atoms with E-state index >= 15 is 0 Å². The molecular weight excluding hydrogens is 416 g/mol. The van der Waals surface area contributed by atoms with Crippen molar-refractivity contribution in [2.24, 2.45) is 10.8 Å². The molecule has 0 N–H and O–H groups in total. The van der Waals surface area contributed by atoms with Gasteiger partial charge in [-0.05, 0) is 55.9 Å². The highest BCUT2D eigenvalue weighted by atomic mass is 16.8. The molecule has 1 saturated heterocycles. The van der Waals surface area contributed by atoms with Crippen molar-refractivity contribution < 1.29 is 23.7 Å². The zero-order valence-corrected chi connectivity index (χ0v) is 20.5. The van der Waals surface area contributed by atoms with Crippen LogP contribution in [0.25, 0.3) is 0 Å². The van der Waals surface area contributed by atoms with Crippen molar-refractivity contribution in [1.82, 2.24) is 0 Å². The second-order valence-corrected chi connectivity index (χ2v) is 10.1. The van der Waals surface area contributed by atoms with Crippen molar-refractivity contribution in [3.8, 4) is 5.75 Å². The van der Waals surface area contributed by atoms with Crippen LogP contribution in [0, 0.1) is 10.8 Å². The van der Waals surface area contributed by atoms with E-state index in [1.807, 2.05) is 37.3 Å². The molecule has 1 aromatic carbocycles. The Hall–Kier alpha value is -2.53. The number of ether oxygens (including phenoxy) is 4. The van der Waals surface area contributed by atoms with Gasteiger partial charge in [-0.15, -0.1) is 0 Å². The zero-order chi connectivity index (χ0) is 23.7. The average molecular weight is 453 g/mol. The van der Waals surface area contributed by atoms with E-state index in [9.17, 15) is 4.79 Å². The van der Waals surface area contributed by atoms with E-state index in [-0.39, 0.29) is 11.5 Å². The van der Waals surface area contributed by atoms with Crippen molar-refractivity contribution in [2.75, 3.05) is 7.11 Å². The fraction of sp³-hybridized carbons (Fsp3) is 0.536. The zero-order valence-electron chi connectivity index (χ0n) is 20.5. The van der Waals surface area contributed by atoms with Crippen LogP contribution in [0.5, 0.6) is 5.75 Å². The molecule has 1 heterocycles. The van der Waals surface area contributed by atoms with Crippen LogP contribution >= 0.6 is 0 Å². The monoisotopic (exact) mass is 452 g/mol. The third-order valence-electron chi connectivity index (χ3n) is 7.73. The Morgan fingerprint density at radius 2 is 1.91 bits per heavy atom. The highest BCUT2D eigenvalue weighted by Gasteiger charge is 2.59. The van der Waals surface area contributed by atoms with Crippen molar-refractivity contribution in [2.45, 2.75) is 78.1 Å². The van der Waals surface area contributed by atoms with Gasteiger partial charge in [-0.25, -0.2) is 4.79 Å². The normalized spacial score (nSPS) is 32.9. The summed E-state index contributed by atoms with van der Waals surface area (Å²) in [4.78, 5) is 12.5. The molecule has 1 aromatic rings. The molecule has 0 amide bonds. The van der Waals surface area contributed by atoms with Crippen LogP contribution in [0.15, 0.2) is 59.9 Å². The van der Waals surface area contributed by atoms with Gasteiger partial charge >= 0.3 is 6.16 Å². The van der Waals surface area contributed by atoms with Crippen LogP contribution in [-0.4, -0.2) is 25.0 Å². The molecule has 0 spiro atoms. The van der Waals surface area contributed by atoms with E-state index < -0.39 is 17.2 Å². The number of allylic oxidation sites excluding steroid dienone is 2. The van der Waals surface area contributed by atoms with Gasteiger partial charge in [-0.3, -0.25) is 0 Å². The van der Waals surface area contributed by atoms with Gasteiger partial charge in [-0.1, -0.05) is 57.2 Å². The smallest absolute Gasteiger partial charge is 0.497 e. The molecule has 1 aliphatic heterocycles. The summed E-state index contributed by atoms with van der Waals surface area (Å²) in [6.45, 7) is 9.01. The number of methoxy groups -OCH3 is 1. The number of carbonyl (C=O) groups is 1. The van der Waals surface area contributed by atoms with Crippen LogP contribution in [0.3, 0.4) is 0 Å². The molecule has 5 heteroatoms. The van der Waals surface area contributed by atoms with Crippen LogP contribution in [0.2, 0.25) is 0 Å². The maximum Gasteiger partial charge on any atom is 0.514 e. The molecule has 3 aliphatic rings. The Kier molecular flexibility index (Phi) is 6.45. The summed E-state index contributed by atoms with van der Waals surface area (Å²) in [7, 11) is 1.67. The Morgan fingerprint density at radius 1 is 1.18 bits per heavy atom. The highest BCUT2D eigenvalue weighted by molar-refractivity contribution is 5.68. The lowest BCUT2D eigenvalue weighted by Gasteiger charge is -2.47. The molecule has 33 heavy (non-hydrogen) atoms. The number of hydrogen-bond acceptors (Lipinski definition) is 5. The summed E-state index contributed by atoms with van der Waals surface area (Å²) in [6, 6.07) is 8.00. The van der Waals surface area contributed by atoms with Crippen molar-refractivity contribution >= 4 is 6.16 Å². The molecule has 0 bridgehead atoms. The maximum absolute atomic E-state index is 12.5. The fourth-order valence-corrected chi connectivity index (χ4v) is 5.71. The van der Waals surface area contributed by atoms with Crippen LogP contribution in [-0.2, 0) is 20.8 Å². The maximum atomic E-state index is 12.5. The summed E-state index contributed by atoms with van der Waals surface area (Å²) in [6.07, 6.45) is 12.2. The number of carbonyl (C=O) groups excluding carboxylic acids is 1. The summed E-state index contributed by atoms with van der Waals surface area (Å²) >= 11 is 0. The van der Waals surface area contributed by atoms with E-state index in [2.05, 4.69) is 39.0 Å². The molecule has 1 saturated carbocycles. The lowest BCUT2D eigenvalue weighted by atomic mass is 9.61. The summed E-state index contributed by atoms with van der Waals surface area (Å²) in [5, 5.41) is 0. The van der Waals surface area contributed by atoms with Crippen molar-refractivity contribution in [3.05, 3.63) is 65.5 Å². The SMILES string of the molecule is C/C=C/C(C)(C)[C@@]12C/C=C\C[C@@]3(C)/C(=C/1OC(=O)O2)CCC[C@@H]3OCc1ccc(OC)cc1. The van der Waals surface area contributed by atoms with Crippen LogP contribution in [0.4, 0.5) is 4.79 Å². The van der Waals surface area contributed by atoms with Crippen LogP contribution < -0.4 is 4.74 Å². The molecule has 3 atom stereocenters. The third-order valence-corrected chi connectivity index (χ3v) is 7.73. The second-order valence-electron chi connectivity index (χ2n) is 10.1. The molecule has 2 aliphatic carbocycles. The molecular formula is C28H36O5. The molecule has 5 nitrogen and oxygen atoms in total. The standard InChI is InChI=1S/C28H36O5/c1-6-16-26(2,3)28-18-8-7-17-27(4)22(24(28)32-25(29)33-28)10-9-11-23(27)31-19-20-12-14-21(30-5)15-13-20/h6-8,12-16,23H,9-11,17-19H2,1-5H3/b8-7-,16-6+,24-22-/t23-,27-,28+/m0/s1. The van der Waals surface area contributed by atoms with E-state index in [1.165, 1.54) is 5.57 Å². The minimum atomic E-state index is -0.845. The van der Waals surface area contributed by atoms with Gasteiger partial charge in [0.15, 0.2) is 11.4 Å². The molecule has 2 fully saturated rings. The van der Waals surface area contributed by atoms with E-state index in [0.29, 0.717) is 18.8 Å². The van der Waals surface area contributed by atoms with Crippen molar-refractivity contribution in [1.29, 1.82) is 0 Å². The molecule has 0 radical (unpaired) electrons. The van der Waals surface area contributed by atoms with Gasteiger partial charge in [0.25, 0.3) is 0 Å². The minimum Gasteiger partial charge on any atom is -0.497 e. The minimum absolute atomic E-state index is 0.0143. The Bertz CT molecular complexity index is 971. The number of rotatable bonds is 6. The van der Waals surface area contributed by atoms with Crippen molar-refractivity contribution in [3.63, 3.8) is 0 Å². The number of fused-ring (bicyclic) bond motifs is 2. The predicted molar refractivity (Wildman–Crippen MR) is 128 cm³/mol. The van der Waals surface area contributed by atoms with Gasteiger partial charge < -0.3 is 18.9 Å². The second kappa shape index (κ2) is 9.02. The van der Waals surface area contributed by atoms with Gasteiger partial charge in [0.1, 0.15) is 5.75 Å². The van der Waals surface area contributed by atoms with E-state index in [0.717, 1.165) is 37.0 Å². The van der Waals surface area contributed by atoms with E-state index in [4.69, 9.17) is 18.9 Å². The van der Waals surface area contributed by atoms with Gasteiger partial charge in [-0.2, -0.15) is 0 Å². The third kappa shape index (κ3) is 4.12. The average Bonchev–Trinajstić information content (AvgIpc) is 3.12. The summed E-state index contributed by atoms with van der Waals surface area (Å²) in [5.74, 6) is 1.55. The molecule has 0 unspecified atom stereocenters. The van der Waals surface area contributed by atoms with Crippen LogP contribution in [0.1, 0.15) is 65.4 Å². The quantitative estimate of drug-likeness (QED) is 0.348. The molecule has 0 aromatic heterocycles. The first-order chi connectivity index (χ1) is 15.8. The lowest BCUT2D eigenvalue weighted by molar-refractivity contribution is -0.0493. The Balaban J connectivity index is 1.71. The topological polar surface area (TPSA) is 54.0 Å². The largest absolute Gasteiger partial charge is 0.514 e. The Morgan fingerprint density at radius 3 is 2.61 bits per heavy atom. The first kappa shape index (κ1) is 23.6. The summed E-state index contributed by atoms with van der Waals surface area (Å²) < 4.78 is 23.7. The molecule has 178 valence electrons. The first-order valence-corrected chi connectivity index (χ1v) is 11.9. The van der Waals surface area contributed by atoms with Gasteiger partial charge in [0, 0.05) is 17.3 Å². The fourth-order valence-electron chi connectivity index (χ4n) is 5.71. The Labute approximate surface area is 197 Å². The number of benzene rings is 1.